The zero-order valence-corrected chi connectivity index (χ0v) is 10.9. The van der Waals surface area contributed by atoms with E-state index in [1.165, 1.54) is 5.70 Å². The van der Waals surface area contributed by atoms with E-state index in [9.17, 15) is 4.79 Å². The van der Waals surface area contributed by atoms with Crippen LogP contribution in [0.1, 0.15) is 33.6 Å². The van der Waals surface area contributed by atoms with Crippen LogP contribution in [-0.4, -0.2) is 30.9 Å². The Morgan fingerprint density at radius 3 is 2.69 bits per heavy atom. The summed E-state index contributed by atoms with van der Waals surface area (Å²) in [4.78, 5) is 13.3. The van der Waals surface area contributed by atoms with Gasteiger partial charge in [-0.05, 0) is 32.8 Å². The molecule has 0 aromatic carbocycles. The van der Waals surface area contributed by atoms with Crippen molar-refractivity contribution < 1.29 is 4.79 Å². The summed E-state index contributed by atoms with van der Waals surface area (Å²) in [5, 5.41) is 2.84. The molecule has 92 valence electrons. The number of rotatable bonds is 7. The molecule has 0 spiro atoms. The summed E-state index contributed by atoms with van der Waals surface area (Å²) >= 11 is 0. The Bertz CT molecular complexity index is 257. The molecule has 0 aliphatic carbocycles. The third-order valence-electron chi connectivity index (χ3n) is 2.39. The van der Waals surface area contributed by atoms with Crippen LogP contribution in [0.5, 0.6) is 0 Å². The summed E-state index contributed by atoms with van der Waals surface area (Å²) in [6, 6.07) is 0. The minimum absolute atomic E-state index is 0.00836. The fourth-order valence-electron chi connectivity index (χ4n) is 1.37. The Morgan fingerprint density at radius 1 is 1.44 bits per heavy atom. The molecule has 0 rings (SSSR count). The number of allylic oxidation sites excluding steroid dienone is 3. The number of hydrogen-bond acceptors (Lipinski definition) is 2. The van der Waals surface area contributed by atoms with Crippen molar-refractivity contribution >= 4 is 5.91 Å². The highest BCUT2D eigenvalue weighted by atomic mass is 16.1. The van der Waals surface area contributed by atoms with E-state index in [1.54, 1.807) is 12.2 Å². The Labute approximate surface area is 99.2 Å². The molecule has 0 aliphatic rings. The van der Waals surface area contributed by atoms with Gasteiger partial charge in [-0.1, -0.05) is 19.1 Å². The second-order valence-electron chi connectivity index (χ2n) is 3.82. The van der Waals surface area contributed by atoms with Gasteiger partial charge < -0.3 is 10.2 Å². The van der Waals surface area contributed by atoms with Crippen molar-refractivity contribution in [3.05, 3.63) is 23.9 Å². The molecule has 16 heavy (non-hydrogen) atoms. The van der Waals surface area contributed by atoms with Crippen LogP contribution in [0.3, 0.4) is 0 Å². The van der Waals surface area contributed by atoms with Gasteiger partial charge in [-0.3, -0.25) is 4.79 Å². The van der Waals surface area contributed by atoms with E-state index in [0.29, 0.717) is 0 Å². The normalized spacial score (nSPS) is 11.9. The van der Waals surface area contributed by atoms with Gasteiger partial charge in [0.15, 0.2) is 0 Å². The quantitative estimate of drug-likeness (QED) is 0.531. The van der Waals surface area contributed by atoms with Gasteiger partial charge in [-0.15, -0.1) is 0 Å². The van der Waals surface area contributed by atoms with Crippen molar-refractivity contribution in [2.24, 2.45) is 0 Å². The fraction of sp³-hybridized carbons (Fsp3) is 0.615. The molecule has 1 N–H and O–H groups in total. The van der Waals surface area contributed by atoms with Gasteiger partial charge in [0.25, 0.3) is 0 Å². The topological polar surface area (TPSA) is 32.3 Å². The lowest BCUT2D eigenvalue weighted by Gasteiger charge is -2.19. The molecule has 0 fully saturated rings. The number of carbonyl (C=O) groups is 1. The molecule has 0 atom stereocenters. The van der Waals surface area contributed by atoms with Gasteiger partial charge in [-0.2, -0.15) is 0 Å². The zero-order chi connectivity index (χ0) is 12.4. The zero-order valence-electron chi connectivity index (χ0n) is 10.9. The van der Waals surface area contributed by atoms with Crippen LogP contribution >= 0.6 is 0 Å². The third kappa shape index (κ3) is 7.10. The van der Waals surface area contributed by atoms with Crippen LogP contribution in [0.2, 0.25) is 0 Å². The minimum atomic E-state index is -0.00836. The van der Waals surface area contributed by atoms with Crippen LogP contribution in [0.4, 0.5) is 0 Å². The lowest BCUT2D eigenvalue weighted by atomic mass is 10.3. The van der Waals surface area contributed by atoms with E-state index in [2.05, 4.69) is 37.2 Å². The summed E-state index contributed by atoms with van der Waals surface area (Å²) in [6.45, 7) is 7.79. The predicted molar refractivity (Wildman–Crippen MR) is 69.1 cm³/mol. The summed E-state index contributed by atoms with van der Waals surface area (Å²) in [7, 11) is 2.08. The molecule has 0 saturated carbocycles. The molecule has 0 aromatic heterocycles. The van der Waals surface area contributed by atoms with Gasteiger partial charge in [0.1, 0.15) is 0 Å². The Balaban J connectivity index is 3.66. The lowest BCUT2D eigenvalue weighted by Crippen LogP contribution is -2.26. The van der Waals surface area contributed by atoms with Gasteiger partial charge in [0.05, 0.1) is 0 Å². The van der Waals surface area contributed by atoms with Crippen molar-refractivity contribution in [2.75, 3.05) is 20.1 Å². The number of carbonyl (C=O) groups excluding carboxylic acids is 1. The molecule has 0 radical (unpaired) electrons. The van der Waals surface area contributed by atoms with Gasteiger partial charge in [-0.25, -0.2) is 0 Å². The summed E-state index contributed by atoms with van der Waals surface area (Å²) in [6.07, 6.45) is 7.53. The average molecular weight is 224 g/mol. The Morgan fingerprint density at radius 2 is 2.12 bits per heavy atom. The maximum absolute atomic E-state index is 11.1. The van der Waals surface area contributed by atoms with E-state index in [1.807, 2.05) is 6.92 Å². The molecular formula is C13H24N2O. The first-order chi connectivity index (χ1) is 7.61. The number of nitrogens with one attached hydrogen (secondary N) is 1. The molecule has 1 amide bonds. The summed E-state index contributed by atoms with van der Waals surface area (Å²) < 4.78 is 0. The van der Waals surface area contributed by atoms with Gasteiger partial charge >= 0.3 is 0 Å². The van der Waals surface area contributed by atoms with E-state index >= 15 is 0 Å². The Hall–Kier alpha value is -1.25. The monoisotopic (exact) mass is 224 g/mol. The van der Waals surface area contributed by atoms with Crippen LogP contribution < -0.4 is 5.32 Å². The van der Waals surface area contributed by atoms with Crippen LogP contribution in [0, 0.1) is 0 Å². The average Bonchev–Trinajstić information content (AvgIpc) is 2.24. The number of amides is 1. The molecule has 3 nitrogen and oxygen atoms in total. The highest BCUT2D eigenvalue weighted by molar-refractivity contribution is 5.87. The number of hydrogen-bond donors (Lipinski definition) is 1. The van der Waals surface area contributed by atoms with Crippen molar-refractivity contribution in [3.8, 4) is 0 Å². The molecule has 0 heterocycles. The molecule has 0 saturated heterocycles. The minimum Gasteiger partial charge on any atom is -0.378 e. The van der Waals surface area contributed by atoms with Gasteiger partial charge in [0, 0.05) is 25.8 Å². The lowest BCUT2D eigenvalue weighted by molar-refractivity contribution is -0.116. The standard InChI is InChI=1S/C13H24N2O/c1-5-8-12(3)15(4)11-7-10-14-13(16)9-6-2/h6,8-9H,5,7,10-11H2,1-4H3,(H,14,16)/b9-6-,12-8?. The van der Waals surface area contributed by atoms with Crippen LogP contribution in [-0.2, 0) is 4.79 Å². The maximum Gasteiger partial charge on any atom is 0.243 e. The van der Waals surface area contributed by atoms with Crippen LogP contribution in [0.25, 0.3) is 0 Å². The molecule has 3 heteroatoms. The van der Waals surface area contributed by atoms with E-state index in [0.717, 1.165) is 25.9 Å². The molecule has 0 aromatic rings. The second kappa shape index (κ2) is 9.01. The highest BCUT2D eigenvalue weighted by Gasteiger charge is 1.98. The van der Waals surface area contributed by atoms with Crippen molar-refractivity contribution in [1.82, 2.24) is 10.2 Å². The predicted octanol–water partition coefficient (Wildman–Crippen LogP) is 2.31. The summed E-state index contributed by atoms with van der Waals surface area (Å²) in [5.41, 5.74) is 1.29. The Kier molecular flexibility index (Phi) is 8.31. The van der Waals surface area contributed by atoms with Gasteiger partial charge in [0.2, 0.25) is 5.91 Å². The van der Waals surface area contributed by atoms with Crippen molar-refractivity contribution in [1.29, 1.82) is 0 Å². The molecule has 0 aliphatic heterocycles. The highest BCUT2D eigenvalue weighted by Crippen LogP contribution is 2.01. The smallest absolute Gasteiger partial charge is 0.243 e. The van der Waals surface area contributed by atoms with E-state index < -0.39 is 0 Å². The number of nitrogens with zero attached hydrogens (tertiary/aromatic N) is 1. The third-order valence-corrected chi connectivity index (χ3v) is 2.39. The van der Waals surface area contributed by atoms with E-state index in [4.69, 9.17) is 0 Å². The van der Waals surface area contributed by atoms with E-state index in [-0.39, 0.29) is 5.91 Å². The SMILES string of the molecule is C/C=C\C(=O)NCCCN(C)C(C)=CCC. The molecule has 0 unspecified atom stereocenters. The first-order valence-corrected chi connectivity index (χ1v) is 5.90. The second-order valence-corrected chi connectivity index (χ2v) is 3.82. The van der Waals surface area contributed by atoms with Crippen molar-refractivity contribution in [2.45, 2.75) is 33.6 Å². The maximum atomic E-state index is 11.1. The fourth-order valence-corrected chi connectivity index (χ4v) is 1.37. The molecular weight excluding hydrogens is 200 g/mol. The summed E-state index contributed by atoms with van der Waals surface area (Å²) in [5.74, 6) is -0.00836. The largest absolute Gasteiger partial charge is 0.378 e. The molecule has 0 bridgehead atoms. The first-order valence-electron chi connectivity index (χ1n) is 5.90. The first kappa shape index (κ1) is 14.8. The van der Waals surface area contributed by atoms with Crippen molar-refractivity contribution in [3.63, 3.8) is 0 Å². The van der Waals surface area contributed by atoms with Crippen LogP contribution in [0.15, 0.2) is 23.9 Å².